The number of aromatic nitrogens is 3. The van der Waals surface area contributed by atoms with Crippen molar-refractivity contribution in [2.24, 2.45) is 0 Å². The Kier molecular flexibility index (Phi) is 4.74. The number of amides is 1. The van der Waals surface area contributed by atoms with Gasteiger partial charge in [0, 0.05) is 29.2 Å². The van der Waals surface area contributed by atoms with Gasteiger partial charge >= 0.3 is 5.97 Å². The van der Waals surface area contributed by atoms with Crippen LogP contribution in [0.25, 0.3) is 10.9 Å². The first-order valence-corrected chi connectivity index (χ1v) is 7.98. The summed E-state index contributed by atoms with van der Waals surface area (Å²) in [5.74, 6) is -1.62. The van der Waals surface area contributed by atoms with Crippen molar-refractivity contribution in [3.8, 4) is 0 Å². The van der Waals surface area contributed by atoms with E-state index in [-0.39, 0.29) is 12.1 Å². The van der Waals surface area contributed by atoms with Crippen LogP contribution in [0.3, 0.4) is 0 Å². The second-order valence-electron chi connectivity index (χ2n) is 5.68. The average Bonchev–Trinajstić information content (AvgIpc) is 3.04. The molecule has 0 saturated carbocycles. The number of nitrogens with zero attached hydrogens (tertiary/aromatic N) is 2. The van der Waals surface area contributed by atoms with Crippen LogP contribution in [0.2, 0.25) is 0 Å². The molecule has 0 unspecified atom stereocenters. The third kappa shape index (κ3) is 3.65. The molecule has 1 atom stereocenters. The number of benzene rings is 1. The summed E-state index contributed by atoms with van der Waals surface area (Å²) in [5.41, 5.74) is 2.65. The number of H-pyrrole nitrogens is 1. The van der Waals surface area contributed by atoms with Crippen molar-refractivity contribution in [3.05, 3.63) is 59.8 Å². The van der Waals surface area contributed by atoms with Gasteiger partial charge in [-0.3, -0.25) is 4.79 Å². The molecule has 0 saturated heterocycles. The summed E-state index contributed by atoms with van der Waals surface area (Å²) in [6.07, 6.45) is 3.92. The standard InChI is InChI=1S/C18H18N4O3/c1-2-12-8-15(21-10-20-12)17(23)22-16(18(24)25)7-11-9-19-14-6-4-3-5-13(11)14/h3-6,8-10,16,19H,2,7H2,1H3,(H,22,23)(H,24,25)/t16-/m1/s1. The maximum atomic E-state index is 12.3. The average molecular weight is 338 g/mol. The molecule has 2 aromatic heterocycles. The molecule has 7 nitrogen and oxygen atoms in total. The Bertz CT molecular complexity index is 919. The second-order valence-corrected chi connectivity index (χ2v) is 5.68. The fourth-order valence-electron chi connectivity index (χ4n) is 2.67. The lowest BCUT2D eigenvalue weighted by Gasteiger charge is -2.14. The molecule has 0 spiro atoms. The minimum absolute atomic E-state index is 0.164. The largest absolute Gasteiger partial charge is 0.480 e. The van der Waals surface area contributed by atoms with Gasteiger partial charge in [-0.05, 0) is 24.1 Å². The Morgan fingerprint density at radius 3 is 2.84 bits per heavy atom. The van der Waals surface area contributed by atoms with Gasteiger partial charge in [0.25, 0.3) is 5.91 Å². The van der Waals surface area contributed by atoms with Crippen LogP contribution in [0.15, 0.2) is 42.9 Å². The number of hydrogen-bond donors (Lipinski definition) is 3. The van der Waals surface area contributed by atoms with Crippen molar-refractivity contribution in [2.45, 2.75) is 25.8 Å². The monoisotopic (exact) mass is 338 g/mol. The summed E-state index contributed by atoms with van der Waals surface area (Å²) in [6, 6.07) is 8.15. The number of fused-ring (bicyclic) bond motifs is 1. The van der Waals surface area contributed by atoms with Crippen LogP contribution < -0.4 is 5.32 Å². The highest BCUT2D eigenvalue weighted by atomic mass is 16.4. The van der Waals surface area contributed by atoms with Crippen LogP contribution in [0.4, 0.5) is 0 Å². The lowest BCUT2D eigenvalue weighted by atomic mass is 10.0. The molecular formula is C18H18N4O3. The van der Waals surface area contributed by atoms with E-state index in [1.807, 2.05) is 31.2 Å². The summed E-state index contributed by atoms with van der Waals surface area (Å²) in [7, 11) is 0. The Labute approximate surface area is 144 Å². The molecule has 0 fully saturated rings. The minimum Gasteiger partial charge on any atom is -0.480 e. The van der Waals surface area contributed by atoms with Gasteiger partial charge in [0.15, 0.2) is 0 Å². The van der Waals surface area contributed by atoms with Crippen molar-refractivity contribution in [3.63, 3.8) is 0 Å². The SMILES string of the molecule is CCc1cc(C(=O)N[C@H](Cc2c[nH]c3ccccc23)C(=O)O)ncn1. The normalized spacial score (nSPS) is 12.0. The Morgan fingerprint density at radius 2 is 2.08 bits per heavy atom. The van der Waals surface area contributed by atoms with E-state index in [0.717, 1.165) is 22.2 Å². The number of para-hydroxylation sites is 1. The zero-order valence-electron chi connectivity index (χ0n) is 13.7. The lowest BCUT2D eigenvalue weighted by molar-refractivity contribution is -0.139. The molecule has 1 aromatic carbocycles. The smallest absolute Gasteiger partial charge is 0.326 e. The summed E-state index contributed by atoms with van der Waals surface area (Å²) in [5, 5.41) is 13.0. The molecule has 2 heterocycles. The Morgan fingerprint density at radius 1 is 1.28 bits per heavy atom. The van der Waals surface area contributed by atoms with E-state index in [2.05, 4.69) is 20.3 Å². The molecule has 3 aromatic rings. The van der Waals surface area contributed by atoms with Crippen molar-refractivity contribution in [1.82, 2.24) is 20.3 Å². The summed E-state index contributed by atoms with van der Waals surface area (Å²) in [4.78, 5) is 35.0. The van der Waals surface area contributed by atoms with Crippen molar-refractivity contribution in [1.29, 1.82) is 0 Å². The quantitative estimate of drug-likeness (QED) is 0.636. The molecule has 7 heteroatoms. The van der Waals surface area contributed by atoms with Gasteiger partial charge in [0.05, 0.1) is 0 Å². The highest BCUT2D eigenvalue weighted by Gasteiger charge is 2.23. The molecule has 3 rings (SSSR count). The highest BCUT2D eigenvalue weighted by molar-refractivity contribution is 5.95. The number of aryl methyl sites for hydroxylation is 1. The van der Waals surface area contributed by atoms with Gasteiger partial charge in [0.1, 0.15) is 18.1 Å². The maximum Gasteiger partial charge on any atom is 0.326 e. The van der Waals surface area contributed by atoms with Crippen molar-refractivity contribution < 1.29 is 14.7 Å². The fourth-order valence-corrected chi connectivity index (χ4v) is 2.67. The maximum absolute atomic E-state index is 12.3. The molecule has 0 aliphatic carbocycles. The number of aromatic amines is 1. The van der Waals surface area contributed by atoms with Crippen LogP contribution in [0, 0.1) is 0 Å². The number of carbonyl (C=O) groups excluding carboxylic acids is 1. The van der Waals surface area contributed by atoms with Gasteiger partial charge in [-0.15, -0.1) is 0 Å². The number of rotatable bonds is 6. The van der Waals surface area contributed by atoms with Gasteiger partial charge in [-0.2, -0.15) is 0 Å². The van der Waals surface area contributed by atoms with Crippen LogP contribution in [-0.4, -0.2) is 38.0 Å². The predicted octanol–water partition coefficient (Wildman–Crippen LogP) is 1.95. The molecule has 0 aliphatic rings. The van der Waals surface area contributed by atoms with E-state index in [9.17, 15) is 14.7 Å². The van der Waals surface area contributed by atoms with E-state index in [0.29, 0.717) is 6.42 Å². The Balaban J connectivity index is 1.79. The van der Waals surface area contributed by atoms with Gasteiger partial charge in [0.2, 0.25) is 0 Å². The highest BCUT2D eigenvalue weighted by Crippen LogP contribution is 2.19. The van der Waals surface area contributed by atoms with Gasteiger partial charge < -0.3 is 15.4 Å². The van der Waals surface area contributed by atoms with E-state index in [1.165, 1.54) is 6.33 Å². The zero-order valence-corrected chi connectivity index (χ0v) is 13.7. The van der Waals surface area contributed by atoms with Gasteiger partial charge in [-0.25, -0.2) is 14.8 Å². The molecule has 1 amide bonds. The zero-order chi connectivity index (χ0) is 17.8. The van der Waals surface area contributed by atoms with E-state index in [4.69, 9.17) is 0 Å². The number of nitrogens with one attached hydrogen (secondary N) is 2. The van der Waals surface area contributed by atoms with Crippen LogP contribution in [-0.2, 0) is 17.6 Å². The number of carbonyl (C=O) groups is 2. The topological polar surface area (TPSA) is 108 Å². The van der Waals surface area contributed by atoms with Crippen LogP contribution in [0.1, 0.15) is 28.7 Å². The molecule has 0 radical (unpaired) electrons. The van der Waals surface area contributed by atoms with Crippen molar-refractivity contribution in [2.75, 3.05) is 0 Å². The third-order valence-corrected chi connectivity index (χ3v) is 4.02. The number of hydrogen-bond acceptors (Lipinski definition) is 4. The first-order valence-electron chi connectivity index (χ1n) is 7.98. The van der Waals surface area contributed by atoms with Crippen LogP contribution >= 0.6 is 0 Å². The van der Waals surface area contributed by atoms with E-state index in [1.54, 1.807) is 12.3 Å². The third-order valence-electron chi connectivity index (χ3n) is 4.02. The first kappa shape index (κ1) is 16.6. The molecular weight excluding hydrogens is 320 g/mol. The molecule has 3 N–H and O–H groups in total. The fraction of sp³-hybridized carbons (Fsp3) is 0.222. The van der Waals surface area contributed by atoms with E-state index < -0.39 is 17.9 Å². The second kappa shape index (κ2) is 7.12. The summed E-state index contributed by atoms with van der Waals surface area (Å²) < 4.78 is 0. The lowest BCUT2D eigenvalue weighted by Crippen LogP contribution is -2.42. The molecule has 0 aliphatic heterocycles. The predicted molar refractivity (Wildman–Crippen MR) is 92.3 cm³/mol. The first-order chi connectivity index (χ1) is 12.1. The van der Waals surface area contributed by atoms with Crippen molar-refractivity contribution >= 4 is 22.8 Å². The number of aliphatic carboxylic acids is 1. The minimum atomic E-state index is -1.09. The molecule has 0 bridgehead atoms. The summed E-state index contributed by atoms with van der Waals surface area (Å²) >= 11 is 0. The number of carboxylic acid groups (broad SMARTS) is 1. The van der Waals surface area contributed by atoms with Gasteiger partial charge in [-0.1, -0.05) is 25.1 Å². The number of carboxylic acids is 1. The molecule has 128 valence electrons. The molecule has 25 heavy (non-hydrogen) atoms. The van der Waals surface area contributed by atoms with Crippen LogP contribution in [0.5, 0.6) is 0 Å². The summed E-state index contributed by atoms with van der Waals surface area (Å²) in [6.45, 7) is 1.92. The Hall–Kier alpha value is -3.22. The van der Waals surface area contributed by atoms with E-state index >= 15 is 0 Å².